The summed E-state index contributed by atoms with van der Waals surface area (Å²) in [5, 5.41) is 0. The third-order valence-corrected chi connectivity index (χ3v) is 17.4. The van der Waals surface area contributed by atoms with Crippen LogP contribution in [0.1, 0.15) is 84.6 Å². The monoisotopic (exact) mass is 1080 g/mol. The fourth-order valence-electron chi connectivity index (χ4n) is 12.9. The van der Waals surface area contributed by atoms with Crippen LogP contribution in [0.4, 0.5) is 39.8 Å². The zero-order chi connectivity index (χ0) is 58.2. The number of hydrogen-bond donors (Lipinski definition) is 0. The smallest absolute Gasteiger partial charge is 0.252 e. The molecule has 4 heteroatoms. The van der Waals surface area contributed by atoms with Crippen LogP contribution < -0.4 is 26.2 Å². The van der Waals surface area contributed by atoms with Gasteiger partial charge in [0.1, 0.15) is 0 Å². The molecule has 3 nitrogen and oxygen atoms in total. The van der Waals surface area contributed by atoms with Crippen molar-refractivity contribution in [2.45, 2.75) is 85.5 Å². The van der Waals surface area contributed by atoms with Crippen molar-refractivity contribution < 1.29 is 0 Å². The number of anilines is 6. The summed E-state index contributed by atoms with van der Waals surface area (Å²) >= 11 is 0. The molecule has 0 unspecified atom stereocenters. The summed E-state index contributed by atoms with van der Waals surface area (Å²) in [6.07, 6.45) is 0. The van der Waals surface area contributed by atoms with Gasteiger partial charge in [-0.25, -0.2) is 4.85 Å². The lowest BCUT2D eigenvalue weighted by Crippen LogP contribution is -2.61. The molecule has 0 radical (unpaired) electrons. The number of nitrogens with zero attached hydrogens (tertiary/aromatic N) is 3. The van der Waals surface area contributed by atoms with Gasteiger partial charge in [-0.15, -0.1) is 0 Å². The molecule has 0 amide bonds. The van der Waals surface area contributed by atoms with Gasteiger partial charge in [-0.2, -0.15) is 0 Å². The summed E-state index contributed by atoms with van der Waals surface area (Å²) in [6, 6.07) is 90.3. The molecule has 408 valence electrons. The Kier molecular flexibility index (Phi) is 13.3. The quantitative estimate of drug-likeness (QED) is 0.111. The summed E-state index contributed by atoms with van der Waals surface area (Å²) in [6.45, 7) is 31.6. The lowest BCUT2D eigenvalue weighted by Gasteiger charge is -2.47. The molecular formula is C80H70BN3. The molecule has 0 fully saturated rings. The van der Waals surface area contributed by atoms with Crippen molar-refractivity contribution in [1.82, 2.24) is 0 Å². The standard InChI is InChI=1S/C80H70BN3/c1-52-43-71-69(51-63(52)53-29-17-12-18-30-53)81-68-42-41-58(62-39-27-28-40-70(62)82-11)44-72(68)84(77-66(56-35-23-15-24-36-56)47-60(79(5,6)7)48-67(77)57-37-25-16-26-38-57)74-50-61(80(8,9)10)49-73(75(74)81)83(71)76-64(54-31-19-13-20-32-54)45-59(78(2,3)4)46-65(76)55-33-21-14-22-34-55/h12-51H,1-10H3. The van der Waals surface area contributed by atoms with E-state index in [1.807, 2.05) is 12.1 Å². The van der Waals surface area contributed by atoms with Gasteiger partial charge in [0.25, 0.3) is 6.71 Å². The number of benzene rings is 11. The molecule has 0 saturated heterocycles. The average molecular weight is 1080 g/mol. The van der Waals surface area contributed by atoms with Gasteiger partial charge >= 0.3 is 0 Å². The van der Waals surface area contributed by atoms with Crippen molar-refractivity contribution in [3.05, 3.63) is 276 Å². The Morgan fingerprint density at radius 2 is 0.679 bits per heavy atom. The number of fused-ring (bicyclic) bond motifs is 4. The SMILES string of the molecule is [C-]#[N+]c1ccccc1-c1ccc2c(c1)N(c1c(-c3ccccc3)cc(C(C)(C)C)cc1-c1ccccc1)c1cc(C(C)(C)C)cc3c1B2c1cc(-c2ccccc2)c(C)cc1N3c1c(-c2ccccc2)cc(C(C)(C)C)cc1-c1ccccc1. The molecule has 11 aromatic rings. The van der Waals surface area contributed by atoms with E-state index < -0.39 is 0 Å². The van der Waals surface area contributed by atoms with Crippen LogP contribution in [0.2, 0.25) is 0 Å². The first-order valence-corrected chi connectivity index (χ1v) is 29.6. The van der Waals surface area contributed by atoms with Gasteiger partial charge in [0.15, 0.2) is 5.69 Å². The highest BCUT2D eigenvalue weighted by atomic mass is 15.2. The second-order valence-corrected chi connectivity index (χ2v) is 26.1. The van der Waals surface area contributed by atoms with Gasteiger partial charge in [0.2, 0.25) is 0 Å². The first kappa shape index (κ1) is 53.9. The van der Waals surface area contributed by atoms with Gasteiger partial charge in [-0.3, -0.25) is 0 Å². The highest BCUT2D eigenvalue weighted by molar-refractivity contribution is 7.00. The molecule has 0 aliphatic carbocycles. The summed E-state index contributed by atoms with van der Waals surface area (Å²) in [5.74, 6) is 0. The van der Waals surface area contributed by atoms with Gasteiger partial charge in [0.05, 0.1) is 17.9 Å². The largest absolute Gasteiger partial charge is 0.310 e. The minimum atomic E-state index is -0.288. The third-order valence-electron chi connectivity index (χ3n) is 17.4. The van der Waals surface area contributed by atoms with Crippen molar-refractivity contribution in [1.29, 1.82) is 0 Å². The Balaban J connectivity index is 1.26. The molecule has 0 bridgehead atoms. The molecule has 84 heavy (non-hydrogen) atoms. The lowest BCUT2D eigenvalue weighted by molar-refractivity contribution is 0.590. The van der Waals surface area contributed by atoms with E-state index in [-0.39, 0.29) is 23.0 Å². The molecule has 11 aromatic carbocycles. The number of aryl methyl sites for hydroxylation is 1. The summed E-state index contributed by atoms with van der Waals surface area (Å²) in [5.41, 5.74) is 29.0. The molecule has 13 rings (SSSR count). The molecule has 0 aromatic heterocycles. The summed E-state index contributed by atoms with van der Waals surface area (Å²) in [7, 11) is 0. The minimum absolute atomic E-state index is 0.156. The van der Waals surface area contributed by atoms with E-state index in [0.29, 0.717) is 5.69 Å². The van der Waals surface area contributed by atoms with Crippen LogP contribution >= 0.6 is 0 Å². The van der Waals surface area contributed by atoms with E-state index >= 15 is 0 Å². The number of hydrogen-bond acceptors (Lipinski definition) is 2. The molecule has 0 atom stereocenters. The van der Waals surface area contributed by atoms with Crippen LogP contribution in [0, 0.1) is 13.5 Å². The van der Waals surface area contributed by atoms with Crippen LogP contribution in [-0.2, 0) is 16.2 Å². The molecule has 2 aliphatic heterocycles. The van der Waals surface area contributed by atoms with E-state index in [9.17, 15) is 0 Å². The minimum Gasteiger partial charge on any atom is -0.310 e. The predicted octanol–water partition coefficient (Wildman–Crippen LogP) is 20.5. The van der Waals surface area contributed by atoms with Crippen LogP contribution in [0.3, 0.4) is 0 Å². The van der Waals surface area contributed by atoms with Crippen molar-refractivity contribution in [2.24, 2.45) is 0 Å². The van der Waals surface area contributed by atoms with Crippen molar-refractivity contribution in [2.75, 3.05) is 9.80 Å². The van der Waals surface area contributed by atoms with Gasteiger partial charge < -0.3 is 9.80 Å². The molecule has 0 saturated carbocycles. The fraction of sp³-hybridized carbons (Fsp3) is 0.163. The highest BCUT2D eigenvalue weighted by Gasteiger charge is 2.46. The third kappa shape index (κ3) is 9.43. The summed E-state index contributed by atoms with van der Waals surface area (Å²) in [4.78, 5) is 9.45. The summed E-state index contributed by atoms with van der Waals surface area (Å²) < 4.78 is 0. The maximum absolute atomic E-state index is 8.46. The van der Waals surface area contributed by atoms with E-state index in [4.69, 9.17) is 6.57 Å². The van der Waals surface area contributed by atoms with Crippen molar-refractivity contribution in [3.8, 4) is 66.8 Å². The van der Waals surface area contributed by atoms with E-state index in [1.165, 1.54) is 60.9 Å². The molecular weight excluding hydrogens is 1010 g/mol. The molecule has 2 aliphatic rings. The normalized spacial score (nSPS) is 12.8. The number of rotatable bonds is 8. The Bertz CT molecular complexity index is 4250. The Morgan fingerprint density at radius 1 is 0.321 bits per heavy atom. The second kappa shape index (κ2) is 20.8. The zero-order valence-corrected chi connectivity index (χ0v) is 50.0. The van der Waals surface area contributed by atoms with Crippen molar-refractivity contribution in [3.63, 3.8) is 0 Å². The Labute approximate surface area is 498 Å². The molecule has 0 N–H and O–H groups in total. The topological polar surface area (TPSA) is 10.8 Å². The predicted molar refractivity (Wildman–Crippen MR) is 360 cm³/mol. The van der Waals surface area contributed by atoms with Gasteiger partial charge in [-0.1, -0.05) is 256 Å². The Morgan fingerprint density at radius 3 is 1.07 bits per heavy atom. The van der Waals surface area contributed by atoms with Gasteiger partial charge in [-0.05, 0) is 155 Å². The van der Waals surface area contributed by atoms with Crippen molar-refractivity contribution >= 4 is 62.9 Å². The Hall–Kier alpha value is -9.43. The van der Waals surface area contributed by atoms with E-state index in [0.717, 1.165) is 78.6 Å². The highest BCUT2D eigenvalue weighted by Crippen LogP contribution is 2.55. The maximum atomic E-state index is 8.46. The van der Waals surface area contributed by atoms with Crippen LogP contribution in [0.25, 0.3) is 71.6 Å². The lowest BCUT2D eigenvalue weighted by atomic mass is 9.33. The average Bonchev–Trinajstić information content (AvgIpc) is 0.732. The van der Waals surface area contributed by atoms with Crippen LogP contribution in [0.5, 0.6) is 0 Å². The van der Waals surface area contributed by atoms with E-state index in [1.54, 1.807) is 0 Å². The maximum Gasteiger partial charge on any atom is 0.252 e. The van der Waals surface area contributed by atoms with E-state index in [2.05, 4.69) is 314 Å². The van der Waals surface area contributed by atoms with Crippen LogP contribution in [0.15, 0.2) is 243 Å². The van der Waals surface area contributed by atoms with Crippen LogP contribution in [-0.4, -0.2) is 6.71 Å². The molecule has 0 spiro atoms. The van der Waals surface area contributed by atoms with Gasteiger partial charge in [0, 0.05) is 45.0 Å². The second-order valence-electron chi connectivity index (χ2n) is 26.1. The zero-order valence-electron chi connectivity index (χ0n) is 50.0. The first-order valence-electron chi connectivity index (χ1n) is 29.6. The number of para-hydroxylation sites is 1. The fourth-order valence-corrected chi connectivity index (χ4v) is 12.9. The molecule has 2 heterocycles. The first-order chi connectivity index (χ1) is 40.5.